The lowest BCUT2D eigenvalue weighted by molar-refractivity contribution is -0.133. The largest absolute Gasteiger partial charge is 0.326 e. The molecule has 0 bridgehead atoms. The van der Waals surface area contributed by atoms with Crippen molar-refractivity contribution in [1.82, 2.24) is 15.1 Å². The number of piperidine rings is 1. The highest BCUT2D eigenvalue weighted by Crippen LogP contribution is 2.42. The van der Waals surface area contributed by atoms with Gasteiger partial charge in [0.15, 0.2) is 0 Å². The number of carbonyl (C=O) groups excluding carboxylic acids is 2. The van der Waals surface area contributed by atoms with Gasteiger partial charge in [-0.1, -0.05) is 29.8 Å². The third-order valence-corrected chi connectivity index (χ3v) is 6.71. The van der Waals surface area contributed by atoms with Crippen LogP contribution >= 0.6 is 0 Å². The van der Waals surface area contributed by atoms with Crippen molar-refractivity contribution in [3.8, 4) is 0 Å². The van der Waals surface area contributed by atoms with Gasteiger partial charge in [-0.25, -0.2) is 9.69 Å². The number of hydrogen-bond acceptors (Lipinski definition) is 3. The lowest BCUT2D eigenvalue weighted by atomic mass is 9.90. The zero-order valence-electron chi connectivity index (χ0n) is 16.5. The molecular formula is C22H31N3O2. The van der Waals surface area contributed by atoms with E-state index in [9.17, 15) is 9.59 Å². The smallest absolute Gasteiger partial charge is 0.323 e. The summed E-state index contributed by atoms with van der Waals surface area (Å²) in [7, 11) is 0. The Morgan fingerprint density at radius 1 is 1.07 bits per heavy atom. The van der Waals surface area contributed by atoms with Crippen LogP contribution in [0.2, 0.25) is 0 Å². The van der Waals surface area contributed by atoms with Crippen molar-refractivity contribution in [2.45, 2.75) is 57.9 Å². The third kappa shape index (κ3) is 3.88. The maximum Gasteiger partial charge on any atom is 0.326 e. The van der Waals surface area contributed by atoms with Crippen molar-refractivity contribution in [3.63, 3.8) is 0 Å². The highest BCUT2D eigenvalue weighted by molar-refractivity contribution is 6.07. The molecule has 2 heterocycles. The highest BCUT2D eigenvalue weighted by Gasteiger charge is 2.56. The lowest BCUT2D eigenvalue weighted by Crippen LogP contribution is -2.48. The maximum absolute atomic E-state index is 12.8. The van der Waals surface area contributed by atoms with E-state index < -0.39 is 5.54 Å². The summed E-state index contributed by atoms with van der Waals surface area (Å²) in [6.45, 7) is 6.39. The van der Waals surface area contributed by atoms with Crippen LogP contribution < -0.4 is 5.32 Å². The molecule has 1 atom stereocenters. The molecule has 3 aliphatic rings. The number of nitrogens with zero attached hydrogens (tertiary/aromatic N) is 2. The first-order valence-corrected chi connectivity index (χ1v) is 10.4. The van der Waals surface area contributed by atoms with Crippen LogP contribution in [0.1, 0.15) is 50.2 Å². The predicted molar refractivity (Wildman–Crippen MR) is 105 cm³/mol. The molecule has 1 N–H and O–H groups in total. The molecule has 2 aliphatic heterocycles. The van der Waals surface area contributed by atoms with E-state index in [4.69, 9.17) is 0 Å². The molecule has 4 rings (SSSR count). The second kappa shape index (κ2) is 7.27. The summed E-state index contributed by atoms with van der Waals surface area (Å²) in [4.78, 5) is 28.8. The average molecular weight is 370 g/mol. The molecule has 146 valence electrons. The molecule has 5 nitrogen and oxygen atoms in total. The number of nitrogens with one attached hydrogen (secondary N) is 1. The molecule has 1 saturated carbocycles. The molecule has 0 spiro atoms. The standard InChI is InChI=1S/C22H31N3O2/c1-16-3-5-17(6-4-16)7-8-18-11-13-24(14-12-18)15-25-20(26)22(2,19-9-10-19)23-21(25)27/h3-6,18-19H,7-15H2,1-2H3,(H,23,27)/t22-/m1/s1. The zero-order chi connectivity index (χ0) is 19.0. The van der Waals surface area contributed by atoms with Crippen molar-refractivity contribution in [3.05, 3.63) is 35.4 Å². The maximum atomic E-state index is 12.8. The summed E-state index contributed by atoms with van der Waals surface area (Å²) in [6.07, 6.45) is 6.74. The minimum Gasteiger partial charge on any atom is -0.323 e. The van der Waals surface area contributed by atoms with Crippen molar-refractivity contribution < 1.29 is 9.59 Å². The number of benzene rings is 1. The Bertz CT molecular complexity index is 705. The van der Waals surface area contributed by atoms with Gasteiger partial charge >= 0.3 is 6.03 Å². The molecule has 0 unspecified atom stereocenters. The first-order chi connectivity index (χ1) is 13.0. The van der Waals surface area contributed by atoms with E-state index in [0.29, 0.717) is 12.6 Å². The van der Waals surface area contributed by atoms with E-state index >= 15 is 0 Å². The van der Waals surface area contributed by atoms with E-state index in [1.54, 1.807) is 0 Å². The van der Waals surface area contributed by atoms with Gasteiger partial charge in [0.05, 0.1) is 6.67 Å². The number of amides is 3. The van der Waals surface area contributed by atoms with Gasteiger partial charge in [0.1, 0.15) is 5.54 Å². The van der Waals surface area contributed by atoms with Crippen molar-refractivity contribution in [1.29, 1.82) is 0 Å². The number of carbonyl (C=O) groups is 2. The van der Waals surface area contributed by atoms with Crippen LogP contribution in [0.3, 0.4) is 0 Å². The SMILES string of the molecule is Cc1ccc(CCC2CCN(CN3C(=O)N[C@](C)(C4CC4)C3=O)CC2)cc1. The summed E-state index contributed by atoms with van der Waals surface area (Å²) in [5.41, 5.74) is 2.07. The molecule has 0 aromatic heterocycles. The van der Waals surface area contributed by atoms with Crippen LogP contribution in [0.4, 0.5) is 4.79 Å². The van der Waals surface area contributed by atoms with E-state index in [-0.39, 0.29) is 11.9 Å². The van der Waals surface area contributed by atoms with Gasteiger partial charge in [-0.05, 0) is 69.8 Å². The Kier molecular flexibility index (Phi) is 4.97. The van der Waals surface area contributed by atoms with Crippen LogP contribution in [-0.4, -0.2) is 47.0 Å². The van der Waals surface area contributed by atoms with E-state index in [1.807, 2.05) is 6.92 Å². The molecule has 2 saturated heterocycles. The molecule has 1 aliphatic carbocycles. The summed E-state index contributed by atoms with van der Waals surface area (Å²) in [5.74, 6) is 1.03. The second-order valence-corrected chi connectivity index (χ2v) is 8.87. The minimum atomic E-state index is -0.663. The minimum absolute atomic E-state index is 0.0310. The first-order valence-electron chi connectivity index (χ1n) is 10.4. The highest BCUT2D eigenvalue weighted by atomic mass is 16.2. The third-order valence-electron chi connectivity index (χ3n) is 6.71. The number of urea groups is 1. The Morgan fingerprint density at radius 3 is 2.37 bits per heavy atom. The fourth-order valence-electron chi connectivity index (χ4n) is 4.52. The normalized spacial score (nSPS) is 27.3. The van der Waals surface area contributed by atoms with Gasteiger partial charge in [0, 0.05) is 13.1 Å². The fourth-order valence-corrected chi connectivity index (χ4v) is 4.52. The van der Waals surface area contributed by atoms with Crippen LogP contribution in [0.25, 0.3) is 0 Å². The van der Waals surface area contributed by atoms with E-state index in [1.165, 1.54) is 22.4 Å². The Balaban J connectivity index is 1.24. The molecule has 1 aromatic rings. The molecule has 5 heteroatoms. The number of imide groups is 1. The molecule has 3 fully saturated rings. The van der Waals surface area contributed by atoms with Crippen molar-refractivity contribution in [2.75, 3.05) is 19.8 Å². The lowest BCUT2D eigenvalue weighted by Gasteiger charge is -2.34. The number of hydrogen-bond donors (Lipinski definition) is 1. The van der Waals surface area contributed by atoms with Gasteiger partial charge in [0.25, 0.3) is 5.91 Å². The molecule has 0 radical (unpaired) electrons. The van der Waals surface area contributed by atoms with Crippen LogP contribution in [0.5, 0.6) is 0 Å². The average Bonchev–Trinajstić information content (AvgIpc) is 3.48. The topological polar surface area (TPSA) is 52.6 Å². The predicted octanol–water partition coefficient (Wildman–Crippen LogP) is 3.32. The molecular weight excluding hydrogens is 338 g/mol. The number of aryl methyl sites for hydroxylation is 2. The first kappa shape index (κ1) is 18.5. The van der Waals surface area contributed by atoms with Crippen molar-refractivity contribution >= 4 is 11.9 Å². The number of rotatable bonds is 6. The van der Waals surface area contributed by atoms with Gasteiger partial charge in [-0.2, -0.15) is 0 Å². The van der Waals surface area contributed by atoms with Crippen LogP contribution in [-0.2, 0) is 11.2 Å². The van der Waals surface area contributed by atoms with Gasteiger partial charge < -0.3 is 5.32 Å². The number of likely N-dealkylation sites (tertiary alicyclic amines) is 1. The van der Waals surface area contributed by atoms with Gasteiger partial charge in [-0.15, -0.1) is 0 Å². The van der Waals surface area contributed by atoms with E-state index in [0.717, 1.165) is 51.1 Å². The summed E-state index contributed by atoms with van der Waals surface area (Å²) in [5, 5.41) is 2.94. The van der Waals surface area contributed by atoms with Crippen molar-refractivity contribution in [2.24, 2.45) is 11.8 Å². The molecule has 3 amide bonds. The van der Waals surface area contributed by atoms with E-state index in [2.05, 4.69) is 41.4 Å². The second-order valence-electron chi connectivity index (χ2n) is 8.87. The quantitative estimate of drug-likeness (QED) is 0.783. The van der Waals surface area contributed by atoms with Crippen LogP contribution in [0.15, 0.2) is 24.3 Å². The Labute approximate surface area is 162 Å². The Hall–Kier alpha value is -1.88. The summed E-state index contributed by atoms with van der Waals surface area (Å²) < 4.78 is 0. The van der Waals surface area contributed by atoms with Crippen LogP contribution in [0, 0.1) is 18.8 Å². The monoisotopic (exact) mass is 369 g/mol. The zero-order valence-corrected chi connectivity index (χ0v) is 16.5. The van der Waals surface area contributed by atoms with Gasteiger partial charge in [0.2, 0.25) is 0 Å². The molecule has 1 aromatic carbocycles. The Morgan fingerprint density at radius 2 is 1.74 bits per heavy atom. The van der Waals surface area contributed by atoms with Gasteiger partial charge in [-0.3, -0.25) is 9.69 Å². The molecule has 27 heavy (non-hydrogen) atoms. The fraction of sp³-hybridized carbons (Fsp3) is 0.636. The summed E-state index contributed by atoms with van der Waals surface area (Å²) in [6, 6.07) is 8.63. The summed E-state index contributed by atoms with van der Waals surface area (Å²) >= 11 is 0.